The van der Waals surface area contributed by atoms with Crippen LogP contribution in [0, 0.1) is 0 Å². The number of anilines is 3. The Hall–Kier alpha value is -6.36. The van der Waals surface area contributed by atoms with Gasteiger partial charge in [-0.3, -0.25) is 0 Å². The highest BCUT2D eigenvalue weighted by molar-refractivity contribution is 7.26. The summed E-state index contributed by atoms with van der Waals surface area (Å²) in [5, 5.41) is 5.38. The summed E-state index contributed by atoms with van der Waals surface area (Å²) in [5.74, 6) is 0. The molecule has 8 aromatic carbocycles. The van der Waals surface area contributed by atoms with Crippen molar-refractivity contribution in [2.24, 2.45) is 0 Å². The average Bonchev–Trinajstić information content (AvgIpc) is 3.97. The highest BCUT2D eigenvalue weighted by Crippen LogP contribution is 2.56. The molecule has 0 spiro atoms. The molecule has 0 saturated heterocycles. The van der Waals surface area contributed by atoms with Crippen LogP contribution in [0.15, 0.2) is 140 Å². The minimum Gasteiger partial charge on any atom is -0.375 e. The first-order valence-electron chi connectivity index (χ1n) is 24.0. The van der Waals surface area contributed by atoms with Gasteiger partial charge in [-0.2, -0.15) is 0 Å². The summed E-state index contributed by atoms with van der Waals surface area (Å²) in [7, 11) is 0. The Labute approximate surface area is 392 Å². The maximum Gasteiger partial charge on any atom is 0.333 e. The van der Waals surface area contributed by atoms with Crippen LogP contribution in [-0.2, 0) is 21.7 Å². The molecule has 4 aliphatic rings. The Morgan fingerprint density at radius 1 is 0.485 bits per heavy atom. The van der Waals surface area contributed by atoms with Crippen molar-refractivity contribution >= 4 is 88.2 Å². The topological polar surface area (TPSA) is 8.17 Å². The van der Waals surface area contributed by atoms with Gasteiger partial charge in [0.2, 0.25) is 0 Å². The van der Waals surface area contributed by atoms with Gasteiger partial charge in [0, 0.05) is 81.0 Å². The number of aromatic nitrogens is 1. The van der Waals surface area contributed by atoms with Gasteiger partial charge in [-0.1, -0.05) is 154 Å². The van der Waals surface area contributed by atoms with E-state index >= 15 is 0 Å². The third-order valence-corrected chi connectivity index (χ3v) is 17.7. The van der Waals surface area contributed by atoms with Crippen LogP contribution in [0.1, 0.15) is 103 Å². The second kappa shape index (κ2) is 12.3. The van der Waals surface area contributed by atoms with Crippen molar-refractivity contribution in [3.8, 4) is 33.4 Å². The Kier molecular flexibility index (Phi) is 7.27. The van der Waals surface area contributed by atoms with Gasteiger partial charge >= 0.3 is 6.85 Å². The summed E-state index contributed by atoms with van der Waals surface area (Å²) in [6.07, 6.45) is 0. The maximum atomic E-state index is 2.78. The van der Waals surface area contributed by atoms with Gasteiger partial charge in [0.15, 0.2) is 0 Å². The third-order valence-electron chi connectivity index (χ3n) is 16.4. The molecule has 0 N–H and O–H groups in total. The Morgan fingerprint density at radius 3 is 1.85 bits per heavy atom. The van der Waals surface area contributed by atoms with Gasteiger partial charge < -0.3 is 9.38 Å². The van der Waals surface area contributed by atoms with Crippen LogP contribution in [0.4, 0.5) is 17.1 Å². The summed E-state index contributed by atoms with van der Waals surface area (Å²) >= 11 is 1.98. The van der Waals surface area contributed by atoms with Crippen LogP contribution in [0.25, 0.3) is 75.4 Å². The van der Waals surface area contributed by atoms with Gasteiger partial charge in [-0.05, 0) is 132 Å². The Morgan fingerprint density at radius 2 is 1.12 bits per heavy atom. The largest absolute Gasteiger partial charge is 0.375 e. The van der Waals surface area contributed by atoms with Crippen LogP contribution in [-0.4, -0.2) is 11.3 Å². The van der Waals surface area contributed by atoms with E-state index in [0.29, 0.717) is 0 Å². The van der Waals surface area contributed by atoms with Crippen molar-refractivity contribution in [3.05, 3.63) is 173 Å². The molecule has 2 aromatic heterocycles. The fourth-order valence-electron chi connectivity index (χ4n) is 13.0. The summed E-state index contributed by atoms with van der Waals surface area (Å²) in [5.41, 5.74) is 25.4. The molecule has 4 heteroatoms. The molecule has 0 fully saturated rings. The van der Waals surface area contributed by atoms with Gasteiger partial charge in [-0.25, -0.2) is 0 Å². The molecule has 4 heterocycles. The zero-order chi connectivity index (χ0) is 45.1. The van der Waals surface area contributed by atoms with E-state index in [2.05, 4.69) is 218 Å². The van der Waals surface area contributed by atoms with Crippen molar-refractivity contribution in [3.63, 3.8) is 0 Å². The molecule has 2 aliphatic carbocycles. The standard InChI is InChI=1S/C62H53BN2S/c1-59(2,3)34-23-26-51-42(27-34)43-28-35(60(4,5)6)29-45-55-56-53(32-44-39-19-13-16-22-54(39)66-58(44)55)64(36-24-25-48-40(30-36)37-17-11-14-20-46(37)61(48,7)8)52-31-41-38-18-12-15-21-47(38)62(9,10)49(41)33-50(52)63(56)65(51)57(43)45/h11-33H,1-10H3. The molecule has 0 radical (unpaired) electrons. The molecular formula is C62H53BN2S. The summed E-state index contributed by atoms with van der Waals surface area (Å²) in [6.45, 7) is 23.8. The SMILES string of the molecule is CC(C)(C)c1ccc2c(c1)c1cc(C(C)(C)C)cc3c1n2B1c2cc4c(cc2N(c2ccc5c(c2)-c2ccccc2C5(C)C)c2cc5c(sc6ccccc65)c-3c21)-c1ccccc1C4(C)C. The molecule has 2 aliphatic heterocycles. The molecule has 0 atom stereocenters. The number of hydrogen-bond donors (Lipinski definition) is 0. The van der Waals surface area contributed by atoms with E-state index in [9.17, 15) is 0 Å². The molecule has 2 nitrogen and oxygen atoms in total. The summed E-state index contributed by atoms with van der Waals surface area (Å²) in [4.78, 5) is 2.68. The summed E-state index contributed by atoms with van der Waals surface area (Å²) < 4.78 is 5.51. The predicted molar refractivity (Wildman–Crippen MR) is 285 cm³/mol. The molecule has 66 heavy (non-hydrogen) atoms. The number of thiophene rings is 1. The van der Waals surface area contributed by atoms with Crippen LogP contribution in [0.2, 0.25) is 0 Å². The first-order valence-corrected chi connectivity index (χ1v) is 24.8. The summed E-state index contributed by atoms with van der Waals surface area (Å²) in [6, 6.07) is 55.1. The highest BCUT2D eigenvalue weighted by Gasteiger charge is 2.47. The van der Waals surface area contributed by atoms with E-state index in [-0.39, 0.29) is 28.5 Å². The smallest absolute Gasteiger partial charge is 0.333 e. The first kappa shape index (κ1) is 38.9. The van der Waals surface area contributed by atoms with Crippen molar-refractivity contribution < 1.29 is 0 Å². The number of benzene rings is 8. The van der Waals surface area contributed by atoms with E-state index < -0.39 is 0 Å². The Balaban J connectivity index is 1.19. The average molecular weight is 869 g/mol. The molecule has 14 rings (SSSR count). The van der Waals surface area contributed by atoms with Crippen LogP contribution >= 0.6 is 11.3 Å². The predicted octanol–water partition coefficient (Wildman–Crippen LogP) is 15.8. The molecule has 0 saturated carbocycles. The third kappa shape index (κ3) is 4.78. The first-order chi connectivity index (χ1) is 31.5. The lowest BCUT2D eigenvalue weighted by molar-refractivity contribution is 0.590. The zero-order valence-corrected chi connectivity index (χ0v) is 40.5. The lowest BCUT2D eigenvalue weighted by Crippen LogP contribution is -2.57. The second-order valence-electron chi connectivity index (χ2n) is 22.9. The Bertz CT molecular complexity index is 3860. The maximum absolute atomic E-state index is 2.78. The van der Waals surface area contributed by atoms with E-state index in [0.717, 1.165) is 0 Å². The van der Waals surface area contributed by atoms with Gasteiger partial charge in [0.05, 0.1) is 0 Å². The number of hydrogen-bond acceptors (Lipinski definition) is 2. The number of fused-ring (bicyclic) bond motifs is 17. The quantitative estimate of drug-likeness (QED) is 0.149. The lowest BCUT2D eigenvalue weighted by Gasteiger charge is -2.42. The number of nitrogens with zero attached hydrogens (tertiary/aromatic N) is 2. The van der Waals surface area contributed by atoms with Crippen LogP contribution < -0.4 is 15.8 Å². The lowest BCUT2D eigenvalue weighted by atomic mass is 9.44. The molecule has 0 bridgehead atoms. The van der Waals surface area contributed by atoms with E-state index in [1.807, 2.05) is 11.3 Å². The monoisotopic (exact) mass is 868 g/mol. The van der Waals surface area contributed by atoms with Crippen LogP contribution in [0.5, 0.6) is 0 Å². The van der Waals surface area contributed by atoms with Crippen molar-refractivity contribution in [1.82, 2.24) is 4.48 Å². The van der Waals surface area contributed by atoms with Crippen LogP contribution in [0.3, 0.4) is 0 Å². The van der Waals surface area contributed by atoms with Gasteiger partial charge in [0.1, 0.15) is 0 Å². The molecule has 320 valence electrons. The zero-order valence-electron chi connectivity index (χ0n) is 39.7. The van der Waals surface area contributed by atoms with E-state index in [1.54, 1.807) is 0 Å². The fourth-order valence-corrected chi connectivity index (χ4v) is 14.2. The van der Waals surface area contributed by atoms with Crippen molar-refractivity contribution in [1.29, 1.82) is 0 Å². The minimum atomic E-state index is -0.156. The van der Waals surface area contributed by atoms with E-state index in [1.165, 1.54) is 137 Å². The fraction of sp³-hybridized carbons (Fsp3) is 0.226. The highest BCUT2D eigenvalue weighted by atomic mass is 32.1. The molecular weight excluding hydrogens is 816 g/mol. The van der Waals surface area contributed by atoms with Crippen molar-refractivity contribution in [2.45, 2.75) is 90.9 Å². The molecule has 10 aromatic rings. The normalized spacial score (nSPS) is 15.9. The minimum absolute atomic E-state index is 0.0112. The second-order valence-corrected chi connectivity index (χ2v) is 24.0. The van der Waals surface area contributed by atoms with Gasteiger partial charge in [-0.15, -0.1) is 11.3 Å². The van der Waals surface area contributed by atoms with E-state index in [4.69, 9.17) is 0 Å². The van der Waals surface area contributed by atoms with Crippen molar-refractivity contribution in [2.75, 3.05) is 4.90 Å². The molecule has 0 unspecified atom stereocenters. The number of rotatable bonds is 1. The molecule has 0 amide bonds. The van der Waals surface area contributed by atoms with Gasteiger partial charge in [0.25, 0.3) is 0 Å².